The molecule has 110 valence electrons. The van der Waals surface area contributed by atoms with Gasteiger partial charge in [-0.1, -0.05) is 18.5 Å². The second-order valence-electron chi connectivity index (χ2n) is 6.01. The standard InChI is InChI=1S/C15H23ClN4/c1-3-12-14(16)17-10-18-15(12)20-8-6-13-11(9-20)5-4-7-19(13)2/h10-11,13H,3-9H2,1-2H3. The van der Waals surface area contributed by atoms with Crippen LogP contribution in [0.25, 0.3) is 0 Å². The van der Waals surface area contributed by atoms with E-state index in [0.29, 0.717) is 5.15 Å². The molecule has 2 unspecified atom stereocenters. The van der Waals surface area contributed by atoms with Crippen molar-refractivity contribution in [2.75, 3.05) is 31.6 Å². The van der Waals surface area contributed by atoms with Crippen LogP contribution in [0.5, 0.6) is 0 Å². The summed E-state index contributed by atoms with van der Waals surface area (Å²) in [6, 6.07) is 0.752. The first-order chi connectivity index (χ1) is 9.70. The Hall–Kier alpha value is -0.870. The van der Waals surface area contributed by atoms with E-state index in [9.17, 15) is 0 Å². The lowest BCUT2D eigenvalue weighted by molar-refractivity contribution is 0.102. The van der Waals surface area contributed by atoms with Crippen molar-refractivity contribution in [2.24, 2.45) is 5.92 Å². The second-order valence-corrected chi connectivity index (χ2v) is 6.36. The van der Waals surface area contributed by atoms with Crippen LogP contribution in [0.1, 0.15) is 31.7 Å². The maximum Gasteiger partial charge on any atom is 0.137 e. The highest BCUT2D eigenvalue weighted by Gasteiger charge is 2.35. The Kier molecular flexibility index (Phi) is 4.13. The molecule has 0 aromatic carbocycles. The Morgan fingerprint density at radius 3 is 2.95 bits per heavy atom. The summed E-state index contributed by atoms with van der Waals surface area (Å²) in [5.74, 6) is 1.82. The van der Waals surface area contributed by atoms with Crippen molar-refractivity contribution >= 4 is 17.4 Å². The minimum atomic E-state index is 0.611. The lowest BCUT2D eigenvalue weighted by Crippen LogP contribution is -2.53. The molecule has 2 atom stereocenters. The largest absolute Gasteiger partial charge is 0.356 e. The lowest BCUT2D eigenvalue weighted by Gasteiger charge is -2.46. The highest BCUT2D eigenvalue weighted by Crippen LogP contribution is 2.33. The van der Waals surface area contributed by atoms with E-state index in [-0.39, 0.29) is 0 Å². The van der Waals surface area contributed by atoms with Crippen LogP contribution in [0.3, 0.4) is 0 Å². The Bertz CT molecular complexity index is 479. The van der Waals surface area contributed by atoms with E-state index in [2.05, 4.69) is 33.7 Å². The summed E-state index contributed by atoms with van der Waals surface area (Å²) in [5, 5.41) is 0.611. The van der Waals surface area contributed by atoms with Gasteiger partial charge >= 0.3 is 0 Å². The quantitative estimate of drug-likeness (QED) is 0.785. The SMILES string of the molecule is CCc1c(Cl)ncnc1N1CCC2C(CCCN2C)C1. The average Bonchev–Trinajstić information content (AvgIpc) is 2.47. The van der Waals surface area contributed by atoms with Gasteiger partial charge in [-0.3, -0.25) is 0 Å². The highest BCUT2D eigenvalue weighted by molar-refractivity contribution is 6.30. The highest BCUT2D eigenvalue weighted by atomic mass is 35.5. The molecule has 2 aliphatic rings. The molecule has 0 bridgehead atoms. The Labute approximate surface area is 126 Å². The molecule has 2 fully saturated rings. The summed E-state index contributed by atoms with van der Waals surface area (Å²) in [4.78, 5) is 13.6. The Morgan fingerprint density at radius 2 is 2.15 bits per heavy atom. The summed E-state index contributed by atoms with van der Waals surface area (Å²) in [6.07, 6.45) is 6.36. The first-order valence-electron chi connectivity index (χ1n) is 7.65. The normalized spacial score (nSPS) is 27.4. The number of aromatic nitrogens is 2. The van der Waals surface area contributed by atoms with Crippen molar-refractivity contribution in [3.8, 4) is 0 Å². The number of anilines is 1. The molecule has 3 rings (SSSR count). The fourth-order valence-electron chi connectivity index (χ4n) is 3.80. The number of fused-ring (bicyclic) bond motifs is 1. The molecule has 1 aromatic rings. The summed E-state index contributed by atoms with van der Waals surface area (Å²) in [7, 11) is 2.27. The van der Waals surface area contributed by atoms with Crippen LogP contribution in [-0.2, 0) is 6.42 Å². The molecule has 1 aromatic heterocycles. The smallest absolute Gasteiger partial charge is 0.137 e. The third kappa shape index (κ3) is 2.51. The maximum absolute atomic E-state index is 6.22. The molecule has 4 nitrogen and oxygen atoms in total. The predicted molar refractivity (Wildman–Crippen MR) is 82.4 cm³/mol. The van der Waals surface area contributed by atoms with Crippen molar-refractivity contribution < 1.29 is 0 Å². The molecular formula is C15H23ClN4. The number of likely N-dealkylation sites (tertiary alicyclic amines) is 1. The van der Waals surface area contributed by atoms with Crippen LogP contribution in [0.15, 0.2) is 6.33 Å². The molecule has 0 spiro atoms. The minimum absolute atomic E-state index is 0.611. The second kappa shape index (κ2) is 5.86. The first-order valence-corrected chi connectivity index (χ1v) is 8.03. The van der Waals surface area contributed by atoms with Gasteiger partial charge in [-0.2, -0.15) is 0 Å². The van der Waals surface area contributed by atoms with E-state index in [0.717, 1.165) is 42.9 Å². The number of halogens is 1. The summed E-state index contributed by atoms with van der Waals surface area (Å²) >= 11 is 6.22. The van der Waals surface area contributed by atoms with Gasteiger partial charge in [0.15, 0.2) is 0 Å². The van der Waals surface area contributed by atoms with Crippen LogP contribution >= 0.6 is 11.6 Å². The van der Waals surface area contributed by atoms with Crippen LogP contribution in [0, 0.1) is 5.92 Å². The third-order valence-electron chi connectivity index (χ3n) is 4.87. The lowest BCUT2D eigenvalue weighted by atomic mass is 9.84. The molecule has 0 saturated carbocycles. The molecule has 20 heavy (non-hydrogen) atoms. The zero-order valence-electron chi connectivity index (χ0n) is 12.3. The van der Waals surface area contributed by atoms with Gasteiger partial charge in [0, 0.05) is 24.7 Å². The van der Waals surface area contributed by atoms with Crippen molar-refractivity contribution in [1.82, 2.24) is 14.9 Å². The topological polar surface area (TPSA) is 32.3 Å². The predicted octanol–water partition coefficient (Wildman–Crippen LogP) is 2.61. The molecule has 0 N–H and O–H groups in total. The summed E-state index contributed by atoms with van der Waals surface area (Å²) in [5.41, 5.74) is 1.09. The third-order valence-corrected chi connectivity index (χ3v) is 5.19. The van der Waals surface area contributed by atoms with Gasteiger partial charge in [0.1, 0.15) is 17.3 Å². The summed E-state index contributed by atoms with van der Waals surface area (Å²) < 4.78 is 0. The number of hydrogen-bond acceptors (Lipinski definition) is 4. The molecule has 5 heteroatoms. The van der Waals surface area contributed by atoms with E-state index >= 15 is 0 Å². The van der Waals surface area contributed by atoms with E-state index < -0.39 is 0 Å². The van der Waals surface area contributed by atoms with Gasteiger partial charge < -0.3 is 9.80 Å². The van der Waals surface area contributed by atoms with Crippen molar-refractivity contribution in [2.45, 2.75) is 38.6 Å². The minimum Gasteiger partial charge on any atom is -0.356 e. The van der Waals surface area contributed by atoms with Gasteiger partial charge in [0.25, 0.3) is 0 Å². The maximum atomic E-state index is 6.22. The zero-order chi connectivity index (χ0) is 14.1. The summed E-state index contributed by atoms with van der Waals surface area (Å²) in [6.45, 7) is 5.55. The van der Waals surface area contributed by atoms with Crippen molar-refractivity contribution in [1.29, 1.82) is 0 Å². The molecule has 2 saturated heterocycles. The van der Waals surface area contributed by atoms with Crippen molar-refractivity contribution in [3.05, 3.63) is 17.0 Å². The van der Waals surface area contributed by atoms with Crippen LogP contribution < -0.4 is 4.90 Å². The van der Waals surface area contributed by atoms with Gasteiger partial charge in [0.05, 0.1) is 0 Å². The number of hydrogen-bond donors (Lipinski definition) is 0. The van der Waals surface area contributed by atoms with Crippen LogP contribution in [0.4, 0.5) is 5.82 Å². The Balaban J connectivity index is 1.81. The molecule has 3 heterocycles. The molecule has 2 aliphatic heterocycles. The van der Waals surface area contributed by atoms with E-state index in [1.54, 1.807) is 6.33 Å². The average molecular weight is 295 g/mol. The fraction of sp³-hybridized carbons (Fsp3) is 0.733. The molecule has 0 amide bonds. The van der Waals surface area contributed by atoms with Crippen LogP contribution in [0.2, 0.25) is 5.15 Å². The van der Waals surface area contributed by atoms with Gasteiger partial charge in [-0.25, -0.2) is 9.97 Å². The molecule has 0 aliphatic carbocycles. The number of nitrogens with zero attached hydrogens (tertiary/aromatic N) is 4. The molecule has 0 radical (unpaired) electrons. The van der Waals surface area contributed by atoms with Crippen molar-refractivity contribution in [3.63, 3.8) is 0 Å². The van der Waals surface area contributed by atoms with Gasteiger partial charge in [0.2, 0.25) is 0 Å². The number of piperidine rings is 2. The monoisotopic (exact) mass is 294 g/mol. The van der Waals surface area contributed by atoms with E-state index in [1.165, 1.54) is 25.8 Å². The zero-order valence-corrected chi connectivity index (χ0v) is 13.1. The van der Waals surface area contributed by atoms with Gasteiger partial charge in [-0.05, 0) is 45.2 Å². The van der Waals surface area contributed by atoms with Gasteiger partial charge in [-0.15, -0.1) is 0 Å². The fourth-order valence-corrected chi connectivity index (χ4v) is 4.07. The number of rotatable bonds is 2. The first kappa shape index (κ1) is 14.1. The Morgan fingerprint density at radius 1 is 1.30 bits per heavy atom. The van der Waals surface area contributed by atoms with E-state index in [1.807, 2.05) is 0 Å². The van der Waals surface area contributed by atoms with Crippen LogP contribution in [-0.4, -0.2) is 47.6 Å². The molecular weight excluding hydrogens is 272 g/mol. The van der Waals surface area contributed by atoms with E-state index in [4.69, 9.17) is 11.6 Å².